The van der Waals surface area contributed by atoms with E-state index in [1.165, 1.54) is 24.3 Å². The number of nitrogens with one attached hydrogen (secondary N) is 2. The first-order valence-corrected chi connectivity index (χ1v) is 19.6. The van der Waals surface area contributed by atoms with E-state index >= 15 is 0 Å². The Morgan fingerprint density at radius 1 is 0.950 bits per heavy atom. The molecule has 18 nitrogen and oxygen atoms in total. The molecule has 314 valence electrons. The number of amidine groups is 1. The summed E-state index contributed by atoms with van der Waals surface area (Å²) in [6.45, 7) is -0.980. The average molecular weight is 826 g/mol. The first kappa shape index (κ1) is 41.2. The highest BCUT2D eigenvalue weighted by Gasteiger charge is 2.54. The first-order chi connectivity index (χ1) is 28.8. The smallest absolute Gasteiger partial charge is 0.262 e. The zero-order valence-electron chi connectivity index (χ0n) is 32.1. The first-order valence-electron chi connectivity index (χ1n) is 19.6. The molecule has 0 aromatic heterocycles. The van der Waals surface area contributed by atoms with Crippen LogP contribution < -0.4 is 19.5 Å². The summed E-state index contributed by atoms with van der Waals surface area (Å²) in [4.78, 5) is 52.9. The molecular weight excluding hydrogens is 782 g/mol. The quantitative estimate of drug-likeness (QED) is 0.0780. The summed E-state index contributed by atoms with van der Waals surface area (Å²) in [7, 11) is 0. The number of quaternary nitrogens is 1. The second kappa shape index (κ2) is 16.5. The average Bonchev–Trinajstić information content (AvgIpc) is 3.66. The SMILES string of the molecule is N=C1N=C([O-])C2=NC[NH+](c3ccccc3Cc3cc4c(c(OC[C@H](O)CC=O)c3O[C@@H]3O[C@@H](C5(O)CCCCC5)[C@H](O)[C@@H](O)[C@@H]3O)C(=O)c3cc(CO)ccc3C4=O)C2=N1. The second-order valence-electron chi connectivity index (χ2n) is 15.5. The third kappa shape index (κ3) is 7.34. The number of carbonyl (C=O) groups excluding carboxylic acids is 3. The molecule has 5 aliphatic rings. The molecule has 3 aromatic carbocycles. The normalized spacial score (nSPS) is 26.2. The Bertz CT molecular complexity index is 2360. The summed E-state index contributed by atoms with van der Waals surface area (Å²) in [6, 6.07) is 12.7. The number of rotatable bonds is 12. The number of guanidine groups is 1. The summed E-state index contributed by atoms with van der Waals surface area (Å²) >= 11 is 0. The van der Waals surface area contributed by atoms with Crippen molar-refractivity contribution in [3.05, 3.63) is 87.5 Å². The third-order valence-electron chi connectivity index (χ3n) is 11.6. The summed E-state index contributed by atoms with van der Waals surface area (Å²) in [5.41, 5.74) is -0.381. The van der Waals surface area contributed by atoms with Gasteiger partial charge in [0.15, 0.2) is 35.4 Å². The fourth-order valence-corrected chi connectivity index (χ4v) is 8.57. The van der Waals surface area contributed by atoms with Crippen LogP contribution in [-0.4, -0.2) is 128 Å². The van der Waals surface area contributed by atoms with Crippen molar-refractivity contribution in [2.24, 2.45) is 15.0 Å². The number of ether oxygens (including phenoxy) is 3. The lowest BCUT2D eigenvalue weighted by molar-refractivity contribution is -0.723. The van der Waals surface area contributed by atoms with E-state index in [0.717, 1.165) is 6.42 Å². The third-order valence-corrected chi connectivity index (χ3v) is 11.6. The van der Waals surface area contributed by atoms with Gasteiger partial charge in [0.25, 0.3) is 5.84 Å². The zero-order valence-corrected chi connectivity index (χ0v) is 32.1. The van der Waals surface area contributed by atoms with Crippen molar-refractivity contribution in [2.75, 3.05) is 13.3 Å². The summed E-state index contributed by atoms with van der Waals surface area (Å²) in [5, 5.41) is 86.6. The highest BCUT2D eigenvalue weighted by Crippen LogP contribution is 2.46. The lowest BCUT2D eigenvalue weighted by Gasteiger charge is -2.48. The molecule has 8 N–H and O–H groups in total. The number of aliphatic imine (C=N–C) groups is 3. The van der Waals surface area contributed by atoms with Crippen LogP contribution in [-0.2, 0) is 22.6 Å². The topological polar surface area (TPSA) is 289 Å². The van der Waals surface area contributed by atoms with Gasteiger partial charge in [0.1, 0.15) is 43.0 Å². The molecule has 3 heterocycles. The van der Waals surface area contributed by atoms with Gasteiger partial charge in [0.2, 0.25) is 12.2 Å². The van der Waals surface area contributed by atoms with Gasteiger partial charge in [-0.3, -0.25) is 15.0 Å². The molecule has 3 aromatic rings. The molecule has 0 bridgehead atoms. The number of aldehydes is 1. The highest BCUT2D eigenvalue weighted by molar-refractivity contribution is 6.66. The number of aliphatic hydroxyl groups is 6. The van der Waals surface area contributed by atoms with Crippen LogP contribution in [0.25, 0.3) is 0 Å². The number of benzene rings is 3. The van der Waals surface area contributed by atoms with Crippen LogP contribution in [0.1, 0.15) is 87.1 Å². The Hall–Kier alpha value is -5.57. The van der Waals surface area contributed by atoms with E-state index in [1.807, 2.05) is 0 Å². The summed E-state index contributed by atoms with van der Waals surface area (Å²) in [6.07, 6.45) is -7.60. The number of fused-ring (bicyclic) bond motifs is 3. The number of aliphatic hydroxyl groups excluding tert-OH is 5. The van der Waals surface area contributed by atoms with Gasteiger partial charge in [0.05, 0.1) is 23.9 Å². The Balaban J connectivity index is 1.29. The minimum atomic E-state index is -1.93. The predicted octanol–water partition coefficient (Wildman–Crippen LogP) is -1.21. The number of hydrogen-bond donors (Lipinski definition) is 8. The van der Waals surface area contributed by atoms with Crippen molar-refractivity contribution in [1.82, 2.24) is 0 Å². The van der Waals surface area contributed by atoms with Crippen molar-refractivity contribution < 1.29 is 69.2 Å². The number of para-hydroxylation sites is 1. The standard InChI is InChI=1S/C42H43N5O13/c43-41-45-38-29(39(56)46-41)44-19-47(38)27-7-3-2-6-21(27)15-22-16-26-28(31(52)25-14-20(17-49)8-9-24(25)30(26)51)36(58-18-23(50)10-13-48)35(22)59-40-34(55)32(53)33(54)37(60-40)42(57)11-4-1-5-12-42/h2-3,6-9,13-14,16,23,32-34,37,40,49-50,53-55,57H,1,4-5,10-12,15,17-19H2,(H2,43,46,56)/t23-,32-,33-,34+,37-,40-/m1/s1. The second-order valence-corrected chi connectivity index (χ2v) is 15.5. The molecule has 0 spiro atoms. The number of ketones is 2. The van der Waals surface area contributed by atoms with Crippen LogP contribution in [0.15, 0.2) is 63.5 Å². The fraction of sp³-hybridized carbons (Fsp3) is 0.405. The van der Waals surface area contributed by atoms with Crippen molar-refractivity contribution in [3.8, 4) is 11.5 Å². The van der Waals surface area contributed by atoms with Crippen molar-refractivity contribution in [3.63, 3.8) is 0 Å². The largest absolute Gasteiger partial charge is 0.857 e. The van der Waals surface area contributed by atoms with E-state index in [1.54, 1.807) is 24.3 Å². The van der Waals surface area contributed by atoms with E-state index in [4.69, 9.17) is 19.6 Å². The van der Waals surface area contributed by atoms with Crippen LogP contribution in [0, 0.1) is 5.41 Å². The zero-order chi connectivity index (χ0) is 42.5. The monoisotopic (exact) mass is 825 g/mol. The van der Waals surface area contributed by atoms with Crippen LogP contribution in [0.3, 0.4) is 0 Å². The molecule has 1 saturated carbocycles. The van der Waals surface area contributed by atoms with Crippen molar-refractivity contribution in [2.45, 2.75) is 94.0 Å². The number of carbonyl (C=O) groups is 3. The van der Waals surface area contributed by atoms with E-state index in [-0.39, 0.29) is 83.2 Å². The van der Waals surface area contributed by atoms with Crippen molar-refractivity contribution in [1.29, 1.82) is 5.41 Å². The number of nitrogens with zero attached hydrogens (tertiary/aromatic N) is 3. The van der Waals surface area contributed by atoms with Gasteiger partial charge in [-0.1, -0.05) is 43.5 Å². The molecule has 7 atom stereocenters. The Morgan fingerprint density at radius 3 is 2.47 bits per heavy atom. The summed E-state index contributed by atoms with van der Waals surface area (Å²) < 4.78 is 18.8. The van der Waals surface area contributed by atoms with Gasteiger partial charge in [-0.15, -0.1) is 0 Å². The highest BCUT2D eigenvalue weighted by atomic mass is 16.7. The Kier molecular flexibility index (Phi) is 11.3. The van der Waals surface area contributed by atoms with Crippen LogP contribution >= 0.6 is 0 Å². The molecule has 60 heavy (non-hydrogen) atoms. The molecule has 3 aliphatic heterocycles. The van der Waals surface area contributed by atoms with Gasteiger partial charge >= 0.3 is 0 Å². The molecule has 0 amide bonds. The van der Waals surface area contributed by atoms with E-state index in [2.05, 4.69) is 15.0 Å². The van der Waals surface area contributed by atoms with Crippen molar-refractivity contribution >= 4 is 46.9 Å². The van der Waals surface area contributed by atoms with E-state index in [0.29, 0.717) is 40.8 Å². The lowest BCUT2D eigenvalue weighted by atomic mass is 9.76. The molecule has 2 fully saturated rings. The molecule has 2 aliphatic carbocycles. The fourth-order valence-electron chi connectivity index (χ4n) is 8.57. The van der Waals surface area contributed by atoms with E-state index in [9.17, 15) is 50.1 Å². The maximum atomic E-state index is 14.5. The molecule has 0 radical (unpaired) electrons. The van der Waals surface area contributed by atoms with E-state index < -0.39 is 79.0 Å². The molecule has 8 rings (SSSR count). The Labute approximate surface area is 342 Å². The minimum absolute atomic E-state index is 0.00339. The maximum absolute atomic E-state index is 14.5. The number of hydrogen-bond acceptors (Lipinski definition) is 15. The summed E-state index contributed by atoms with van der Waals surface area (Å²) in [5.74, 6) is -2.95. The van der Waals surface area contributed by atoms with Gasteiger partial charge in [-0.05, 0) is 42.7 Å². The predicted molar refractivity (Wildman–Crippen MR) is 208 cm³/mol. The Morgan fingerprint density at radius 2 is 1.72 bits per heavy atom. The van der Waals surface area contributed by atoms with Gasteiger partial charge in [0, 0.05) is 46.6 Å². The van der Waals surface area contributed by atoms with Gasteiger partial charge in [-0.2, -0.15) is 4.99 Å². The molecule has 1 saturated heterocycles. The maximum Gasteiger partial charge on any atom is 0.262 e. The van der Waals surface area contributed by atoms with Gasteiger partial charge < -0.3 is 54.8 Å². The molecular formula is C42H43N5O13. The van der Waals surface area contributed by atoms with Crippen LogP contribution in [0.4, 0.5) is 5.69 Å². The molecule has 18 heteroatoms. The molecule has 1 unspecified atom stereocenters. The lowest BCUT2D eigenvalue weighted by Crippen LogP contribution is -3.09. The minimum Gasteiger partial charge on any atom is -0.857 e. The van der Waals surface area contributed by atoms with Crippen LogP contribution in [0.5, 0.6) is 11.5 Å². The van der Waals surface area contributed by atoms with Gasteiger partial charge in [-0.25, -0.2) is 14.9 Å². The van der Waals surface area contributed by atoms with Crippen LogP contribution in [0.2, 0.25) is 0 Å².